The molecule has 1 saturated heterocycles. The standard InChI is InChI=1S/C18H25Cl2NO4/c1-2-23-18(22)21-12-14(13-6-7-15(19)16(20)11-13)8-10-25-17-5-3-4-9-24-17/h6-7,11,14,17H,2-5,8-10,12H2,1H3,(H,21,22). The summed E-state index contributed by atoms with van der Waals surface area (Å²) < 4.78 is 16.3. The molecule has 0 radical (unpaired) electrons. The van der Waals surface area contributed by atoms with Gasteiger partial charge in [-0.15, -0.1) is 0 Å². The van der Waals surface area contributed by atoms with Gasteiger partial charge >= 0.3 is 6.09 Å². The molecule has 2 unspecified atom stereocenters. The van der Waals surface area contributed by atoms with Crippen LogP contribution in [0.15, 0.2) is 18.2 Å². The highest BCUT2D eigenvalue weighted by atomic mass is 35.5. The molecule has 1 N–H and O–H groups in total. The molecule has 140 valence electrons. The summed E-state index contributed by atoms with van der Waals surface area (Å²) in [5, 5.41) is 3.79. The number of rotatable bonds is 8. The highest BCUT2D eigenvalue weighted by molar-refractivity contribution is 6.42. The van der Waals surface area contributed by atoms with Gasteiger partial charge < -0.3 is 19.5 Å². The summed E-state index contributed by atoms with van der Waals surface area (Å²) in [6.45, 7) is 3.84. The van der Waals surface area contributed by atoms with E-state index in [-0.39, 0.29) is 12.2 Å². The van der Waals surface area contributed by atoms with Gasteiger partial charge in [-0.3, -0.25) is 0 Å². The first kappa shape index (κ1) is 20.3. The number of carbonyl (C=O) groups is 1. The number of ether oxygens (including phenoxy) is 3. The van der Waals surface area contributed by atoms with Crippen LogP contribution in [0.3, 0.4) is 0 Å². The number of amides is 1. The van der Waals surface area contributed by atoms with Crippen molar-refractivity contribution in [3.05, 3.63) is 33.8 Å². The van der Waals surface area contributed by atoms with Gasteiger partial charge in [-0.2, -0.15) is 0 Å². The van der Waals surface area contributed by atoms with Crippen LogP contribution in [0.1, 0.15) is 44.1 Å². The van der Waals surface area contributed by atoms with Crippen LogP contribution in [-0.4, -0.2) is 38.7 Å². The van der Waals surface area contributed by atoms with Crippen LogP contribution in [0.4, 0.5) is 4.79 Å². The second kappa shape index (κ2) is 10.9. The molecule has 1 aromatic rings. The average Bonchev–Trinajstić information content (AvgIpc) is 2.61. The van der Waals surface area contributed by atoms with Gasteiger partial charge in [0, 0.05) is 19.1 Å². The molecule has 2 rings (SSSR count). The molecule has 1 amide bonds. The predicted octanol–water partition coefficient (Wildman–Crippen LogP) is 4.76. The van der Waals surface area contributed by atoms with Gasteiger partial charge in [-0.05, 0) is 50.3 Å². The lowest BCUT2D eigenvalue weighted by molar-refractivity contribution is -0.163. The van der Waals surface area contributed by atoms with Gasteiger partial charge in [0.1, 0.15) is 0 Å². The molecule has 0 saturated carbocycles. The number of alkyl carbamates (subject to hydrolysis) is 1. The maximum Gasteiger partial charge on any atom is 0.407 e. The fraction of sp³-hybridized carbons (Fsp3) is 0.611. The zero-order valence-corrected chi connectivity index (χ0v) is 15.9. The normalized spacial score (nSPS) is 18.6. The zero-order valence-electron chi connectivity index (χ0n) is 14.4. The van der Waals surface area contributed by atoms with E-state index in [2.05, 4.69) is 5.32 Å². The Labute approximate surface area is 158 Å². The summed E-state index contributed by atoms with van der Waals surface area (Å²) in [5.41, 5.74) is 0.999. The molecule has 1 heterocycles. The molecule has 1 aliphatic heterocycles. The maximum absolute atomic E-state index is 11.6. The summed E-state index contributed by atoms with van der Waals surface area (Å²) in [7, 11) is 0. The topological polar surface area (TPSA) is 56.8 Å². The Morgan fingerprint density at radius 1 is 1.36 bits per heavy atom. The van der Waals surface area contributed by atoms with Gasteiger partial charge in [-0.1, -0.05) is 29.3 Å². The van der Waals surface area contributed by atoms with Gasteiger partial charge in [-0.25, -0.2) is 4.79 Å². The molecule has 7 heteroatoms. The lowest BCUT2D eigenvalue weighted by Gasteiger charge is -2.24. The first-order chi connectivity index (χ1) is 12.1. The van der Waals surface area contributed by atoms with E-state index in [1.54, 1.807) is 13.0 Å². The largest absolute Gasteiger partial charge is 0.450 e. The third-order valence-electron chi connectivity index (χ3n) is 4.09. The van der Waals surface area contributed by atoms with Gasteiger partial charge in [0.05, 0.1) is 23.3 Å². The maximum atomic E-state index is 11.6. The Balaban J connectivity index is 1.92. The molecule has 0 spiro atoms. The smallest absolute Gasteiger partial charge is 0.407 e. The molecular weight excluding hydrogens is 365 g/mol. The van der Waals surface area contributed by atoms with Crippen LogP contribution >= 0.6 is 23.2 Å². The fourth-order valence-corrected chi connectivity index (χ4v) is 3.03. The number of hydrogen-bond donors (Lipinski definition) is 1. The summed E-state index contributed by atoms with van der Waals surface area (Å²) in [5.74, 6) is 0.0442. The average molecular weight is 390 g/mol. The van der Waals surface area contributed by atoms with Crippen LogP contribution in [0.25, 0.3) is 0 Å². The van der Waals surface area contributed by atoms with E-state index in [1.165, 1.54) is 0 Å². The highest BCUT2D eigenvalue weighted by Gasteiger charge is 2.18. The lowest BCUT2D eigenvalue weighted by atomic mass is 9.96. The van der Waals surface area contributed by atoms with Gasteiger partial charge in [0.2, 0.25) is 0 Å². The molecule has 1 aromatic carbocycles. The van der Waals surface area contributed by atoms with Crippen LogP contribution in [-0.2, 0) is 14.2 Å². The summed E-state index contributed by atoms with van der Waals surface area (Å²) >= 11 is 12.1. The Kier molecular flexibility index (Phi) is 8.82. The summed E-state index contributed by atoms with van der Waals surface area (Å²) in [4.78, 5) is 11.6. The third kappa shape index (κ3) is 7.02. The second-order valence-corrected chi connectivity index (χ2v) is 6.74. The fourth-order valence-electron chi connectivity index (χ4n) is 2.73. The van der Waals surface area contributed by atoms with Crippen LogP contribution in [0.2, 0.25) is 10.0 Å². The summed E-state index contributed by atoms with van der Waals surface area (Å²) in [6.07, 6.45) is 3.33. The van der Waals surface area contributed by atoms with Crippen molar-refractivity contribution < 1.29 is 19.0 Å². The first-order valence-corrected chi connectivity index (χ1v) is 9.44. The van der Waals surface area contributed by atoms with E-state index in [4.69, 9.17) is 37.4 Å². The number of halogens is 2. The SMILES string of the molecule is CCOC(=O)NCC(CCOC1CCCCO1)c1ccc(Cl)c(Cl)c1. The third-order valence-corrected chi connectivity index (χ3v) is 4.83. The molecular formula is C18H25Cl2NO4. The van der Waals surface area contributed by atoms with Crippen molar-refractivity contribution in [2.24, 2.45) is 0 Å². The van der Waals surface area contributed by atoms with Gasteiger partial charge in [0.15, 0.2) is 6.29 Å². The van der Waals surface area contributed by atoms with Crippen molar-refractivity contribution >= 4 is 29.3 Å². The van der Waals surface area contributed by atoms with Crippen molar-refractivity contribution in [2.45, 2.75) is 44.8 Å². The molecule has 5 nitrogen and oxygen atoms in total. The van der Waals surface area contributed by atoms with Gasteiger partial charge in [0.25, 0.3) is 0 Å². The zero-order chi connectivity index (χ0) is 18.1. The van der Waals surface area contributed by atoms with Crippen molar-refractivity contribution in [1.29, 1.82) is 0 Å². The Bertz CT molecular complexity index is 550. The highest BCUT2D eigenvalue weighted by Crippen LogP contribution is 2.28. The van der Waals surface area contributed by atoms with Crippen molar-refractivity contribution in [3.8, 4) is 0 Å². The molecule has 25 heavy (non-hydrogen) atoms. The van der Waals surface area contributed by atoms with Crippen molar-refractivity contribution in [3.63, 3.8) is 0 Å². The first-order valence-electron chi connectivity index (χ1n) is 8.69. The number of nitrogens with one attached hydrogen (secondary N) is 1. The van der Waals surface area contributed by atoms with Crippen LogP contribution in [0.5, 0.6) is 0 Å². The Morgan fingerprint density at radius 2 is 2.20 bits per heavy atom. The van der Waals surface area contributed by atoms with Crippen molar-refractivity contribution in [2.75, 3.05) is 26.4 Å². The van der Waals surface area contributed by atoms with E-state index in [0.29, 0.717) is 29.8 Å². The lowest BCUT2D eigenvalue weighted by Crippen LogP contribution is -2.30. The van der Waals surface area contributed by atoms with E-state index in [0.717, 1.165) is 37.9 Å². The van der Waals surface area contributed by atoms with E-state index >= 15 is 0 Å². The van der Waals surface area contributed by atoms with Crippen molar-refractivity contribution in [1.82, 2.24) is 5.32 Å². The second-order valence-electron chi connectivity index (χ2n) is 5.93. The number of hydrogen-bond acceptors (Lipinski definition) is 4. The number of benzene rings is 1. The minimum atomic E-state index is -0.427. The van der Waals surface area contributed by atoms with E-state index < -0.39 is 6.09 Å². The molecule has 1 aliphatic rings. The predicted molar refractivity (Wildman–Crippen MR) is 98.4 cm³/mol. The Hall–Kier alpha value is -1.01. The van der Waals surface area contributed by atoms with Crippen LogP contribution < -0.4 is 5.32 Å². The minimum Gasteiger partial charge on any atom is -0.450 e. The Morgan fingerprint density at radius 3 is 2.88 bits per heavy atom. The van der Waals surface area contributed by atoms with Crippen LogP contribution in [0, 0.1) is 0 Å². The molecule has 0 aliphatic carbocycles. The van der Waals surface area contributed by atoms with E-state index in [1.807, 2.05) is 12.1 Å². The quantitative estimate of drug-likeness (QED) is 0.696. The molecule has 1 fully saturated rings. The summed E-state index contributed by atoms with van der Waals surface area (Å²) in [6, 6.07) is 5.52. The molecule has 0 bridgehead atoms. The van der Waals surface area contributed by atoms with E-state index in [9.17, 15) is 4.79 Å². The monoisotopic (exact) mass is 389 g/mol. The minimum absolute atomic E-state index is 0.0442. The molecule has 2 atom stereocenters. The number of carbonyl (C=O) groups excluding carboxylic acids is 1. The molecule has 0 aromatic heterocycles.